The average molecular weight is 459 g/mol. The number of tetrazole rings is 1. The molecule has 1 aliphatic heterocycles. The summed E-state index contributed by atoms with van der Waals surface area (Å²) in [5.41, 5.74) is 3.31. The van der Waals surface area contributed by atoms with Crippen LogP contribution in [0.3, 0.4) is 0 Å². The molecule has 1 N–H and O–H groups in total. The predicted octanol–water partition coefficient (Wildman–Crippen LogP) is 4.21. The largest absolute Gasteiger partial charge is 0.497 e. The van der Waals surface area contributed by atoms with Crippen LogP contribution in [-0.4, -0.2) is 38.8 Å². The lowest BCUT2D eigenvalue weighted by Gasteiger charge is -2.38. The molecule has 1 atom stereocenters. The van der Waals surface area contributed by atoms with Crippen LogP contribution in [-0.2, 0) is 12.0 Å². The molecule has 5 rings (SSSR count). The molecule has 8 heteroatoms. The highest BCUT2D eigenvalue weighted by atomic mass is 16.5. The van der Waals surface area contributed by atoms with Crippen molar-refractivity contribution in [1.82, 2.24) is 25.2 Å². The highest BCUT2D eigenvalue weighted by molar-refractivity contribution is 5.81. The number of aromatic amines is 1. The van der Waals surface area contributed by atoms with E-state index in [4.69, 9.17) is 4.74 Å². The smallest absolute Gasteiger partial charge is 0.254 e. The van der Waals surface area contributed by atoms with E-state index >= 15 is 0 Å². The third-order valence-electron chi connectivity index (χ3n) is 7.01. The Morgan fingerprint density at radius 1 is 1.18 bits per heavy atom. The van der Waals surface area contributed by atoms with Gasteiger partial charge in [-0.1, -0.05) is 25.1 Å². The van der Waals surface area contributed by atoms with Crippen LogP contribution in [0.5, 0.6) is 5.75 Å². The van der Waals surface area contributed by atoms with E-state index in [1.807, 2.05) is 35.0 Å². The normalized spacial score (nSPS) is 14.8. The van der Waals surface area contributed by atoms with Gasteiger partial charge in [-0.2, -0.15) is 0 Å². The second-order valence-corrected chi connectivity index (χ2v) is 9.45. The Kier molecular flexibility index (Phi) is 5.59. The molecule has 34 heavy (non-hydrogen) atoms. The van der Waals surface area contributed by atoms with Crippen molar-refractivity contribution >= 4 is 16.6 Å². The zero-order valence-electron chi connectivity index (χ0n) is 20.1. The quantitative estimate of drug-likeness (QED) is 0.466. The first kappa shape index (κ1) is 22.1. The standard InChI is InChI=1S/C26H30N6O2/c1-5-26(2,3)32-24(28-29-30-32)23(31-14-8-10-17-9-6-7-11-22(17)31)20-16-18-15-19(34-4)12-13-21(18)27-25(20)33/h6-7,9,11-13,15-16,23H,5,8,10,14H2,1-4H3,(H,27,33)/t23-/m1/s1. The first-order valence-electron chi connectivity index (χ1n) is 11.8. The highest BCUT2D eigenvalue weighted by Gasteiger charge is 2.36. The Morgan fingerprint density at radius 2 is 2.00 bits per heavy atom. The summed E-state index contributed by atoms with van der Waals surface area (Å²) >= 11 is 0. The number of hydrogen-bond acceptors (Lipinski definition) is 6. The number of fused-ring (bicyclic) bond motifs is 2. The van der Waals surface area contributed by atoms with Crippen molar-refractivity contribution < 1.29 is 4.74 Å². The lowest BCUT2D eigenvalue weighted by molar-refractivity contribution is 0.287. The molecule has 0 aliphatic carbocycles. The molecule has 0 saturated carbocycles. The summed E-state index contributed by atoms with van der Waals surface area (Å²) in [6.07, 6.45) is 2.85. The summed E-state index contributed by atoms with van der Waals surface area (Å²) in [5, 5.41) is 13.8. The molecule has 0 fully saturated rings. The van der Waals surface area contributed by atoms with Crippen molar-refractivity contribution in [3.05, 3.63) is 75.8 Å². The number of anilines is 1. The Hall–Kier alpha value is -3.68. The molecule has 3 heterocycles. The van der Waals surface area contributed by atoms with Gasteiger partial charge in [0, 0.05) is 28.7 Å². The number of rotatable bonds is 6. The summed E-state index contributed by atoms with van der Waals surface area (Å²) in [4.78, 5) is 18.9. The lowest BCUT2D eigenvalue weighted by atomic mass is 9.95. The van der Waals surface area contributed by atoms with Crippen molar-refractivity contribution in [2.75, 3.05) is 18.6 Å². The molecule has 4 aromatic rings. The van der Waals surface area contributed by atoms with E-state index < -0.39 is 6.04 Å². The topological polar surface area (TPSA) is 88.9 Å². The number of ether oxygens (including phenoxy) is 1. The number of para-hydroxylation sites is 1. The van der Waals surface area contributed by atoms with Gasteiger partial charge in [0.1, 0.15) is 11.8 Å². The van der Waals surface area contributed by atoms with Gasteiger partial charge in [-0.3, -0.25) is 4.79 Å². The van der Waals surface area contributed by atoms with Crippen molar-refractivity contribution in [2.24, 2.45) is 0 Å². The minimum absolute atomic E-state index is 0.144. The molecule has 0 bridgehead atoms. The maximum atomic E-state index is 13.5. The molecular weight excluding hydrogens is 428 g/mol. The van der Waals surface area contributed by atoms with Gasteiger partial charge in [0.15, 0.2) is 5.82 Å². The number of nitrogens with zero attached hydrogens (tertiary/aromatic N) is 5. The first-order valence-corrected chi connectivity index (χ1v) is 11.8. The third-order valence-corrected chi connectivity index (χ3v) is 7.01. The molecular formula is C26H30N6O2. The van der Waals surface area contributed by atoms with Gasteiger partial charge in [0.05, 0.1) is 12.6 Å². The minimum atomic E-state index is -0.443. The molecule has 0 amide bonds. The zero-order chi connectivity index (χ0) is 23.9. The number of hydrogen-bond donors (Lipinski definition) is 1. The van der Waals surface area contributed by atoms with Gasteiger partial charge < -0.3 is 14.6 Å². The molecule has 0 saturated heterocycles. The Bertz CT molecular complexity index is 1390. The Balaban J connectivity index is 1.77. The molecule has 8 nitrogen and oxygen atoms in total. The summed E-state index contributed by atoms with van der Waals surface area (Å²) in [5.74, 6) is 1.40. The maximum absolute atomic E-state index is 13.5. The number of aryl methyl sites for hydroxylation is 1. The van der Waals surface area contributed by atoms with Gasteiger partial charge in [-0.05, 0) is 79.4 Å². The number of aromatic nitrogens is 5. The van der Waals surface area contributed by atoms with Gasteiger partial charge in [0.2, 0.25) is 0 Å². The van der Waals surface area contributed by atoms with E-state index in [0.717, 1.165) is 48.1 Å². The van der Waals surface area contributed by atoms with Gasteiger partial charge >= 0.3 is 0 Å². The lowest BCUT2D eigenvalue weighted by Crippen LogP contribution is -2.40. The van der Waals surface area contributed by atoms with Gasteiger partial charge in [-0.15, -0.1) is 5.10 Å². The predicted molar refractivity (Wildman–Crippen MR) is 133 cm³/mol. The maximum Gasteiger partial charge on any atom is 0.254 e. The van der Waals surface area contributed by atoms with Gasteiger partial charge in [-0.25, -0.2) is 4.68 Å². The highest BCUT2D eigenvalue weighted by Crippen LogP contribution is 2.38. The number of nitrogens with one attached hydrogen (secondary N) is 1. The third kappa shape index (κ3) is 3.73. The van der Waals surface area contributed by atoms with Crippen LogP contribution in [0.4, 0.5) is 5.69 Å². The summed E-state index contributed by atoms with van der Waals surface area (Å²) < 4.78 is 7.31. The van der Waals surface area contributed by atoms with Crippen molar-refractivity contribution in [3.8, 4) is 5.75 Å². The number of methoxy groups -OCH3 is 1. The fourth-order valence-electron chi connectivity index (χ4n) is 4.75. The van der Waals surface area contributed by atoms with Crippen LogP contribution in [0.25, 0.3) is 10.9 Å². The van der Waals surface area contributed by atoms with Crippen LogP contribution in [0, 0.1) is 0 Å². The second-order valence-electron chi connectivity index (χ2n) is 9.45. The first-order chi connectivity index (χ1) is 16.4. The molecule has 176 valence electrons. The molecule has 1 aliphatic rings. The number of pyridine rings is 1. The van der Waals surface area contributed by atoms with E-state index in [-0.39, 0.29) is 11.1 Å². The zero-order valence-corrected chi connectivity index (χ0v) is 20.1. The van der Waals surface area contributed by atoms with E-state index in [0.29, 0.717) is 11.4 Å². The fraction of sp³-hybridized carbons (Fsp3) is 0.385. The number of H-pyrrole nitrogens is 1. The Morgan fingerprint density at radius 3 is 2.79 bits per heavy atom. The van der Waals surface area contributed by atoms with Crippen molar-refractivity contribution in [2.45, 2.75) is 51.6 Å². The second kappa shape index (κ2) is 8.59. The monoisotopic (exact) mass is 458 g/mol. The Labute approximate surface area is 198 Å². The van der Waals surface area contributed by atoms with Crippen molar-refractivity contribution in [1.29, 1.82) is 0 Å². The van der Waals surface area contributed by atoms with Crippen molar-refractivity contribution in [3.63, 3.8) is 0 Å². The van der Waals surface area contributed by atoms with Crippen LogP contribution >= 0.6 is 0 Å². The van der Waals surface area contributed by atoms with E-state index in [1.165, 1.54) is 5.56 Å². The van der Waals surface area contributed by atoms with Gasteiger partial charge in [0.25, 0.3) is 5.56 Å². The minimum Gasteiger partial charge on any atom is -0.497 e. The summed E-state index contributed by atoms with van der Waals surface area (Å²) in [6.45, 7) is 7.15. The summed E-state index contributed by atoms with van der Waals surface area (Å²) in [7, 11) is 1.64. The molecule has 2 aromatic heterocycles. The number of benzene rings is 2. The summed E-state index contributed by atoms with van der Waals surface area (Å²) in [6, 6.07) is 15.6. The average Bonchev–Trinajstić information content (AvgIpc) is 3.35. The molecule has 0 spiro atoms. The van der Waals surface area contributed by atoms with E-state index in [1.54, 1.807) is 7.11 Å². The van der Waals surface area contributed by atoms with Crippen LogP contribution < -0.4 is 15.2 Å². The molecule has 0 unspecified atom stereocenters. The van der Waals surface area contributed by atoms with Crippen LogP contribution in [0.15, 0.2) is 53.3 Å². The van der Waals surface area contributed by atoms with E-state index in [9.17, 15) is 4.79 Å². The fourth-order valence-corrected chi connectivity index (χ4v) is 4.75. The molecule has 2 aromatic carbocycles. The SMILES string of the molecule is CCC(C)(C)n1nnnc1[C@@H](c1cc2cc(OC)ccc2[nH]c1=O)N1CCCc2ccccc21. The molecule has 0 radical (unpaired) electrons. The van der Waals surface area contributed by atoms with Crippen LogP contribution in [0.1, 0.15) is 56.6 Å². The van der Waals surface area contributed by atoms with E-state index in [2.05, 4.69) is 64.4 Å². The van der Waals surface area contributed by atoms with Crippen LogP contribution in [0.2, 0.25) is 0 Å².